The fourth-order valence-corrected chi connectivity index (χ4v) is 2.70. The third-order valence-corrected chi connectivity index (χ3v) is 4.68. The van der Waals surface area contributed by atoms with E-state index in [4.69, 9.17) is 40.4 Å². The minimum absolute atomic E-state index is 0.330. The fourth-order valence-electron chi connectivity index (χ4n) is 2.70. The van der Waals surface area contributed by atoms with E-state index in [0.717, 1.165) is 0 Å². The van der Waals surface area contributed by atoms with E-state index in [1.807, 2.05) is 5.92 Å². The molecule has 0 aromatic carbocycles. The van der Waals surface area contributed by atoms with Gasteiger partial charge < -0.3 is 25.4 Å². The van der Waals surface area contributed by atoms with Gasteiger partial charge in [-0.05, 0) is 5.92 Å². The topological polar surface area (TPSA) is 157 Å². The van der Waals surface area contributed by atoms with Crippen molar-refractivity contribution < 1.29 is 28.9 Å². The van der Waals surface area contributed by atoms with E-state index < -0.39 is 63.8 Å². The van der Waals surface area contributed by atoms with E-state index >= 15 is 4.39 Å². The first-order valence-electron chi connectivity index (χ1n) is 8.55. The zero-order valence-electron chi connectivity index (χ0n) is 16.0. The number of nitrogens with two attached hydrogens (primary N) is 1. The average molecular weight is 415 g/mol. The van der Waals surface area contributed by atoms with Gasteiger partial charge in [0.1, 0.15) is 53.0 Å². The molecule has 0 aliphatic carbocycles. The Morgan fingerprint density at radius 2 is 2.03 bits per heavy atom. The van der Waals surface area contributed by atoms with Crippen molar-refractivity contribution in [2.24, 2.45) is 11.7 Å². The number of terminal acetylenes is 1. The second kappa shape index (κ2) is 7.74. The molecule has 6 radical (unpaired) electrons. The second-order valence-electron chi connectivity index (χ2n) is 7.19. The number of alkyl halides is 1. The number of aliphatic hydroxyl groups is 2. The Hall–Kier alpha value is -2.33. The molecule has 0 amide bonds. The van der Waals surface area contributed by atoms with Crippen molar-refractivity contribution in [1.29, 1.82) is 0 Å². The van der Waals surface area contributed by atoms with Gasteiger partial charge in [0.15, 0.2) is 0 Å². The van der Waals surface area contributed by atoms with Crippen LogP contribution in [-0.2, 0) is 19.9 Å². The molecule has 0 bridgehead atoms. The molecule has 1 aromatic heterocycles. The van der Waals surface area contributed by atoms with Crippen LogP contribution in [-0.4, -0.2) is 78.8 Å². The van der Waals surface area contributed by atoms with Crippen LogP contribution in [0.25, 0.3) is 0 Å². The molecule has 1 aliphatic rings. The molecule has 2 rings (SSSR count). The molecule has 30 heavy (non-hydrogen) atoms. The molecular formula is C16H17B3FN3O7. The van der Waals surface area contributed by atoms with E-state index in [2.05, 4.69) is 4.74 Å². The lowest BCUT2D eigenvalue weighted by Gasteiger charge is -2.41. The number of hydrogen-bond donors (Lipinski definition) is 4. The Balaban J connectivity index is 2.52. The highest BCUT2D eigenvalue weighted by Gasteiger charge is 2.68. The maximum absolute atomic E-state index is 15.6. The van der Waals surface area contributed by atoms with Crippen molar-refractivity contribution in [3.63, 3.8) is 0 Å². The number of halogens is 1. The van der Waals surface area contributed by atoms with Crippen LogP contribution < -0.4 is 17.0 Å². The standard InChI is InChI=1S/C16H17B3FN3O7/c1-4-7-5-23(13(28)22-11(7)26)15(17)10(25)9(24)14(20,30-15)16(18,19)29-12(27)8(21)6(2)3/h1,5-6,8-10,24-25H,21H2,2-3H3,(H,22,26,28)/t8-,9-,10+,14-,15-/m0/s1. The number of ether oxygens (including phenoxy) is 2. The van der Waals surface area contributed by atoms with Gasteiger partial charge in [-0.1, -0.05) is 19.8 Å². The monoisotopic (exact) mass is 415 g/mol. The maximum Gasteiger partial charge on any atom is 0.330 e. The number of carbonyl (C=O) groups is 1. The molecule has 0 spiro atoms. The Bertz CT molecular complexity index is 1010. The molecule has 1 saturated heterocycles. The van der Waals surface area contributed by atoms with Crippen LogP contribution >= 0.6 is 0 Å². The van der Waals surface area contributed by atoms with E-state index in [1.54, 1.807) is 18.8 Å². The van der Waals surface area contributed by atoms with Crippen LogP contribution in [0, 0.1) is 18.3 Å². The summed E-state index contributed by atoms with van der Waals surface area (Å²) in [7, 11) is 16.9. The molecule has 14 heteroatoms. The van der Waals surface area contributed by atoms with Crippen molar-refractivity contribution in [3.05, 3.63) is 32.6 Å². The first kappa shape index (κ1) is 23.9. The number of nitrogens with zero attached hydrogens (tertiary/aromatic N) is 1. The minimum atomic E-state index is -3.72. The van der Waals surface area contributed by atoms with Crippen molar-refractivity contribution in [1.82, 2.24) is 9.55 Å². The van der Waals surface area contributed by atoms with Crippen molar-refractivity contribution in [2.75, 3.05) is 0 Å². The Labute approximate surface area is 174 Å². The lowest BCUT2D eigenvalue weighted by atomic mass is 9.59. The molecular weight excluding hydrogens is 398 g/mol. The van der Waals surface area contributed by atoms with Gasteiger partial charge in [-0.25, -0.2) is 9.18 Å². The lowest BCUT2D eigenvalue weighted by molar-refractivity contribution is -0.250. The van der Waals surface area contributed by atoms with Crippen LogP contribution in [0.15, 0.2) is 15.8 Å². The summed E-state index contributed by atoms with van der Waals surface area (Å²) in [6, 6.07) is -1.26. The second-order valence-corrected chi connectivity index (χ2v) is 7.19. The fraction of sp³-hybridized carbons (Fsp3) is 0.562. The number of carbonyl (C=O) groups excluding carboxylic acids is 1. The van der Waals surface area contributed by atoms with Crippen LogP contribution in [0.5, 0.6) is 0 Å². The molecule has 2 heterocycles. The highest BCUT2D eigenvalue weighted by molar-refractivity contribution is 6.40. The largest absolute Gasteiger partial charge is 0.473 e. The van der Waals surface area contributed by atoms with Crippen LogP contribution in [0.3, 0.4) is 0 Å². The third kappa shape index (κ3) is 3.62. The molecule has 0 saturated carbocycles. The molecule has 10 nitrogen and oxygen atoms in total. The number of hydrogen-bond acceptors (Lipinski definition) is 8. The van der Waals surface area contributed by atoms with Gasteiger partial charge in [-0.3, -0.25) is 19.1 Å². The zero-order valence-corrected chi connectivity index (χ0v) is 16.0. The van der Waals surface area contributed by atoms with Gasteiger partial charge in [0, 0.05) is 6.20 Å². The van der Waals surface area contributed by atoms with Crippen LogP contribution in [0.1, 0.15) is 19.4 Å². The number of aromatic nitrogens is 2. The van der Waals surface area contributed by atoms with E-state index in [1.165, 1.54) is 0 Å². The van der Waals surface area contributed by atoms with Crippen molar-refractivity contribution in [3.8, 4) is 12.3 Å². The molecule has 5 N–H and O–H groups in total. The summed E-state index contributed by atoms with van der Waals surface area (Å²) < 4.78 is 25.5. The number of H-pyrrole nitrogens is 1. The van der Waals surface area contributed by atoms with Gasteiger partial charge in [0.25, 0.3) is 11.4 Å². The molecule has 0 unspecified atom stereocenters. The zero-order chi connectivity index (χ0) is 23.2. The summed E-state index contributed by atoms with van der Waals surface area (Å²) in [5.41, 5.74) is 0.0706. The molecule has 5 atom stereocenters. The summed E-state index contributed by atoms with van der Waals surface area (Å²) in [6.07, 6.45) is 0.829. The summed E-state index contributed by atoms with van der Waals surface area (Å²) in [5.74, 6) is -3.46. The summed E-state index contributed by atoms with van der Waals surface area (Å²) in [6.45, 7) is 3.13. The summed E-state index contributed by atoms with van der Waals surface area (Å²) >= 11 is 0. The first-order valence-corrected chi connectivity index (χ1v) is 8.55. The van der Waals surface area contributed by atoms with Crippen molar-refractivity contribution in [2.45, 2.75) is 49.0 Å². The van der Waals surface area contributed by atoms with Crippen molar-refractivity contribution >= 4 is 29.5 Å². The highest BCUT2D eigenvalue weighted by Crippen LogP contribution is 2.45. The van der Waals surface area contributed by atoms with Gasteiger partial charge in [0.05, 0.1) is 5.40 Å². The summed E-state index contributed by atoms with van der Waals surface area (Å²) in [5, 5.41) is 17.4. The number of nitrogens with one attached hydrogen (secondary N) is 1. The number of aromatic amines is 1. The predicted octanol–water partition coefficient (Wildman–Crippen LogP) is -3.77. The van der Waals surface area contributed by atoms with E-state index in [9.17, 15) is 24.6 Å². The summed E-state index contributed by atoms with van der Waals surface area (Å²) in [4.78, 5) is 37.6. The average Bonchev–Trinajstić information content (AvgIpc) is 2.82. The van der Waals surface area contributed by atoms with Gasteiger partial charge in [-0.2, -0.15) is 0 Å². The molecule has 1 aromatic rings. The SMILES string of the molecule is [B]C([B])(OC(=O)[C@@H](N)C(C)C)[C@@]1(F)O[C@@]([B])(n2cc(C#C)c(=O)[nH]c2=O)[C@H](O)[C@@H]1O. The first-order chi connectivity index (χ1) is 13.6. The number of esters is 1. The third-order valence-electron chi connectivity index (χ3n) is 4.68. The Kier molecular flexibility index (Phi) is 6.18. The maximum atomic E-state index is 15.6. The smallest absolute Gasteiger partial charge is 0.330 e. The number of aliphatic hydroxyl groups excluding tert-OH is 2. The van der Waals surface area contributed by atoms with E-state index in [0.29, 0.717) is 10.8 Å². The lowest BCUT2D eigenvalue weighted by Crippen LogP contribution is -2.62. The quantitative estimate of drug-likeness (QED) is 0.217. The van der Waals surface area contributed by atoms with E-state index in [-0.39, 0.29) is 0 Å². The van der Waals surface area contributed by atoms with Gasteiger partial charge in [-0.15, -0.1) is 6.42 Å². The predicted molar refractivity (Wildman–Crippen MR) is 103 cm³/mol. The minimum Gasteiger partial charge on any atom is -0.473 e. The Morgan fingerprint density at radius 3 is 2.53 bits per heavy atom. The molecule has 1 fully saturated rings. The van der Waals surface area contributed by atoms with Gasteiger partial charge >= 0.3 is 11.7 Å². The molecule has 154 valence electrons. The normalized spacial score (nSPS) is 30.1. The number of rotatable bonds is 5. The van der Waals surface area contributed by atoms with Crippen LogP contribution in [0.4, 0.5) is 4.39 Å². The highest BCUT2D eigenvalue weighted by atomic mass is 19.2. The molecule has 1 aliphatic heterocycles. The Morgan fingerprint density at radius 1 is 1.47 bits per heavy atom. The van der Waals surface area contributed by atoms with Gasteiger partial charge in [0.2, 0.25) is 0 Å². The van der Waals surface area contributed by atoms with Crippen LogP contribution in [0.2, 0.25) is 0 Å².